The summed E-state index contributed by atoms with van der Waals surface area (Å²) in [5, 5.41) is 5.76. The molecule has 0 aliphatic rings. The van der Waals surface area contributed by atoms with Crippen LogP contribution in [0.1, 0.15) is 136 Å². The van der Waals surface area contributed by atoms with E-state index in [1.807, 2.05) is 12.2 Å². The average Bonchev–Trinajstić information content (AvgIpc) is 3.21. The molecule has 0 saturated carbocycles. The van der Waals surface area contributed by atoms with Crippen molar-refractivity contribution in [3.8, 4) is 0 Å². The maximum absolute atomic E-state index is 12.5. The van der Waals surface area contributed by atoms with Gasteiger partial charge in [0.2, 0.25) is 11.8 Å². The fraction of sp³-hybridized carbons (Fsp3) is 0.471. The predicted octanol–water partition coefficient (Wildman–Crippen LogP) is 12.9. The smallest absolute Gasteiger partial charge is 0.328 e. The number of allylic oxidation sites excluding steroid dienone is 24. The van der Waals surface area contributed by atoms with Crippen LogP contribution in [-0.2, 0) is 19.1 Å². The first kappa shape index (κ1) is 52.3. The highest BCUT2D eigenvalue weighted by atomic mass is 16.5. The van der Waals surface area contributed by atoms with Crippen molar-refractivity contribution < 1.29 is 19.1 Å². The van der Waals surface area contributed by atoms with Crippen molar-refractivity contribution in [1.82, 2.24) is 10.6 Å². The Labute approximate surface area is 347 Å². The summed E-state index contributed by atoms with van der Waals surface area (Å²) in [6.07, 6.45) is 67.3. The summed E-state index contributed by atoms with van der Waals surface area (Å²) < 4.78 is 4.91. The van der Waals surface area contributed by atoms with Crippen molar-refractivity contribution in [3.05, 3.63) is 146 Å². The van der Waals surface area contributed by atoms with Crippen LogP contribution < -0.4 is 10.6 Å². The largest absolute Gasteiger partial charge is 0.467 e. The Morgan fingerprint density at radius 3 is 1.09 bits per heavy atom. The van der Waals surface area contributed by atoms with E-state index in [0.717, 1.165) is 77.0 Å². The number of amides is 2. The molecule has 0 fully saturated rings. The van der Waals surface area contributed by atoms with E-state index in [1.165, 1.54) is 7.11 Å². The quantitative estimate of drug-likeness (QED) is 0.0381. The molecule has 57 heavy (non-hydrogen) atoms. The van der Waals surface area contributed by atoms with E-state index in [0.29, 0.717) is 51.5 Å². The van der Waals surface area contributed by atoms with Gasteiger partial charge in [0.1, 0.15) is 6.04 Å². The minimum absolute atomic E-state index is 0.0155. The molecule has 2 N–H and O–H groups in total. The summed E-state index contributed by atoms with van der Waals surface area (Å²) in [6.45, 7) is 4.83. The SMILES string of the molecule is CC/C=C\C/C=C\C/C=C\C/C=C\C/C=C\C/C=C\CCC(=O)NCCCC[C@H](NC(=O)CC/C=C\C/C=C\C/C=C\C/C=C\C/C=C\C/C=C\CC)C(=O)OC. The molecular weight excluding hydrogens is 705 g/mol. The molecular formula is C51H76N2O4. The van der Waals surface area contributed by atoms with E-state index in [-0.39, 0.29) is 11.8 Å². The van der Waals surface area contributed by atoms with Crippen LogP contribution in [0.25, 0.3) is 0 Å². The zero-order valence-electron chi connectivity index (χ0n) is 35.7. The van der Waals surface area contributed by atoms with Crippen molar-refractivity contribution in [3.63, 3.8) is 0 Å². The maximum atomic E-state index is 12.5. The molecule has 0 spiro atoms. The number of rotatable bonds is 35. The molecule has 6 nitrogen and oxygen atoms in total. The van der Waals surface area contributed by atoms with Gasteiger partial charge in [0.25, 0.3) is 0 Å². The van der Waals surface area contributed by atoms with Crippen molar-refractivity contribution in [2.45, 2.75) is 142 Å². The van der Waals surface area contributed by atoms with Crippen LogP contribution in [0.15, 0.2) is 146 Å². The minimum atomic E-state index is -0.684. The van der Waals surface area contributed by atoms with Crippen LogP contribution in [0, 0.1) is 0 Å². The second-order valence-electron chi connectivity index (χ2n) is 13.4. The van der Waals surface area contributed by atoms with Crippen LogP contribution in [0.2, 0.25) is 0 Å². The molecule has 0 aliphatic carbocycles. The third-order valence-corrected chi connectivity index (χ3v) is 8.33. The van der Waals surface area contributed by atoms with Crippen LogP contribution >= 0.6 is 0 Å². The average molecular weight is 781 g/mol. The molecule has 2 amide bonds. The molecule has 0 aromatic rings. The van der Waals surface area contributed by atoms with Crippen molar-refractivity contribution in [2.75, 3.05) is 13.7 Å². The number of ether oxygens (including phenoxy) is 1. The van der Waals surface area contributed by atoms with Gasteiger partial charge in [0.05, 0.1) is 7.11 Å². The number of esters is 1. The molecule has 0 heterocycles. The highest BCUT2D eigenvalue weighted by Gasteiger charge is 2.20. The van der Waals surface area contributed by atoms with Crippen molar-refractivity contribution >= 4 is 17.8 Å². The number of carbonyl (C=O) groups is 3. The van der Waals surface area contributed by atoms with Gasteiger partial charge in [-0.05, 0) is 109 Å². The first-order chi connectivity index (χ1) is 28.0. The standard InChI is InChI=1S/C51H76N2O4/c1-4-6-8-10-12-14-16-18-20-22-24-26-28-30-32-34-36-38-40-45-49(54)52-47-43-42-44-48(51(56)57-3)53-50(55)46-41-39-37-35-33-31-29-27-25-23-21-19-17-15-13-11-9-7-5-2/h6-9,12-15,18-21,24-27,30-33,36-39,48H,4-5,10-11,16-17,22-23,28-29,34-35,40-47H2,1-3H3,(H,52,54)(H,53,55)/b8-6-,9-7-,14-12-,15-13-,20-18-,21-19-,26-24-,27-25-,32-30-,33-31-,38-36-,39-37-/t48-/m0/s1. The van der Waals surface area contributed by atoms with Gasteiger partial charge < -0.3 is 15.4 Å². The van der Waals surface area contributed by atoms with Gasteiger partial charge in [-0.1, -0.05) is 160 Å². The van der Waals surface area contributed by atoms with E-state index >= 15 is 0 Å². The molecule has 0 bridgehead atoms. The molecule has 6 heteroatoms. The number of nitrogens with one attached hydrogen (secondary N) is 2. The van der Waals surface area contributed by atoms with Crippen LogP contribution in [0.5, 0.6) is 0 Å². The number of methoxy groups -OCH3 is 1. The zero-order valence-corrected chi connectivity index (χ0v) is 35.7. The molecule has 0 unspecified atom stereocenters. The molecule has 0 rings (SSSR count). The molecule has 0 aliphatic heterocycles. The van der Waals surface area contributed by atoms with E-state index in [4.69, 9.17) is 4.74 Å². The normalized spacial score (nSPS) is 13.5. The fourth-order valence-electron chi connectivity index (χ4n) is 5.16. The fourth-order valence-corrected chi connectivity index (χ4v) is 5.16. The summed E-state index contributed by atoms with van der Waals surface area (Å²) in [5.74, 6) is -0.605. The Balaban J connectivity index is 3.99. The number of unbranched alkanes of at least 4 members (excludes halogenated alkanes) is 1. The van der Waals surface area contributed by atoms with Gasteiger partial charge in [-0.15, -0.1) is 0 Å². The van der Waals surface area contributed by atoms with E-state index in [1.54, 1.807) is 0 Å². The topological polar surface area (TPSA) is 84.5 Å². The van der Waals surface area contributed by atoms with Crippen molar-refractivity contribution in [2.24, 2.45) is 0 Å². The van der Waals surface area contributed by atoms with Gasteiger partial charge in [0.15, 0.2) is 0 Å². The van der Waals surface area contributed by atoms with E-state index in [2.05, 4.69) is 158 Å². The lowest BCUT2D eigenvalue weighted by Gasteiger charge is -2.16. The molecule has 0 radical (unpaired) electrons. The molecule has 0 saturated heterocycles. The summed E-state index contributed by atoms with van der Waals surface area (Å²) >= 11 is 0. The Hall–Kier alpha value is -4.71. The molecule has 314 valence electrons. The van der Waals surface area contributed by atoms with Crippen molar-refractivity contribution in [1.29, 1.82) is 0 Å². The first-order valence-electron chi connectivity index (χ1n) is 21.5. The first-order valence-corrected chi connectivity index (χ1v) is 21.5. The molecule has 1 atom stereocenters. The highest BCUT2D eigenvalue weighted by molar-refractivity contribution is 5.84. The lowest BCUT2D eigenvalue weighted by atomic mass is 10.1. The van der Waals surface area contributed by atoms with Gasteiger partial charge >= 0.3 is 5.97 Å². The van der Waals surface area contributed by atoms with Gasteiger partial charge in [-0.2, -0.15) is 0 Å². The third kappa shape index (κ3) is 40.8. The number of hydrogen-bond donors (Lipinski definition) is 2. The third-order valence-electron chi connectivity index (χ3n) is 8.33. The number of carbonyl (C=O) groups excluding carboxylic acids is 3. The summed E-state index contributed by atoms with van der Waals surface area (Å²) in [4.78, 5) is 36.9. The van der Waals surface area contributed by atoms with Crippen LogP contribution in [-0.4, -0.2) is 37.5 Å². The Morgan fingerprint density at radius 2 is 0.754 bits per heavy atom. The lowest BCUT2D eigenvalue weighted by molar-refractivity contribution is -0.145. The number of hydrogen-bond acceptors (Lipinski definition) is 4. The second kappa shape index (κ2) is 44.0. The predicted molar refractivity (Wildman–Crippen MR) is 246 cm³/mol. The van der Waals surface area contributed by atoms with E-state index in [9.17, 15) is 14.4 Å². The molecule has 0 aromatic carbocycles. The monoisotopic (exact) mass is 781 g/mol. The lowest BCUT2D eigenvalue weighted by Crippen LogP contribution is -2.41. The second-order valence-corrected chi connectivity index (χ2v) is 13.4. The van der Waals surface area contributed by atoms with Crippen LogP contribution in [0.3, 0.4) is 0 Å². The summed E-state index contributed by atoms with van der Waals surface area (Å²) in [6, 6.07) is -0.684. The Morgan fingerprint density at radius 1 is 0.439 bits per heavy atom. The summed E-state index contributed by atoms with van der Waals surface area (Å²) in [7, 11) is 1.33. The minimum Gasteiger partial charge on any atom is -0.467 e. The Kier molecular flexibility index (Phi) is 40.4. The van der Waals surface area contributed by atoms with Gasteiger partial charge in [-0.3, -0.25) is 9.59 Å². The Bertz CT molecular complexity index is 1370. The zero-order chi connectivity index (χ0) is 41.5. The van der Waals surface area contributed by atoms with Gasteiger partial charge in [-0.25, -0.2) is 4.79 Å². The van der Waals surface area contributed by atoms with Crippen LogP contribution in [0.4, 0.5) is 0 Å². The van der Waals surface area contributed by atoms with E-state index < -0.39 is 12.0 Å². The maximum Gasteiger partial charge on any atom is 0.328 e. The van der Waals surface area contributed by atoms with Gasteiger partial charge in [0, 0.05) is 19.4 Å². The molecule has 0 aromatic heterocycles. The summed E-state index contributed by atoms with van der Waals surface area (Å²) in [5.41, 5.74) is 0. The highest BCUT2D eigenvalue weighted by Crippen LogP contribution is 2.05.